The van der Waals surface area contributed by atoms with Crippen molar-refractivity contribution in [1.82, 2.24) is 0 Å². The Bertz CT molecular complexity index is 1460. The van der Waals surface area contributed by atoms with Crippen LogP contribution in [0.4, 0.5) is 0 Å². The summed E-state index contributed by atoms with van der Waals surface area (Å²) >= 11 is 0. The van der Waals surface area contributed by atoms with Crippen molar-refractivity contribution in [2.45, 2.75) is 198 Å². The molecule has 23 atom stereocenters. The average molecular weight is 852 g/mol. The van der Waals surface area contributed by atoms with Crippen LogP contribution in [0.2, 0.25) is 0 Å². The van der Waals surface area contributed by atoms with Crippen molar-refractivity contribution in [3.8, 4) is 0 Å². The SMILES string of the molecule is COC1CC2(CCC(C)(C3CCC(C)(C4OC(C5OC(C)(O)C(C)C(OC)C5C)C(OC)C4C)O3)O2)OC(C(C)C2OC(O)(C(C)C(=O)O)C(C)C(OC)C2C)C1C.[Na]. The van der Waals surface area contributed by atoms with Gasteiger partial charge in [-0.25, -0.2) is 0 Å². The number of rotatable bonds is 11. The Kier molecular flexibility index (Phi) is 15.3. The smallest absolute Gasteiger partial charge is 0.311 e. The van der Waals surface area contributed by atoms with Gasteiger partial charge in [0.05, 0.1) is 66.1 Å². The summed E-state index contributed by atoms with van der Waals surface area (Å²) in [6.07, 6.45) is -0.175. The van der Waals surface area contributed by atoms with Gasteiger partial charge in [-0.05, 0) is 47.0 Å². The van der Waals surface area contributed by atoms with Gasteiger partial charge in [0.15, 0.2) is 17.4 Å². The van der Waals surface area contributed by atoms with Crippen LogP contribution in [0.1, 0.15) is 108 Å². The Morgan fingerprint density at radius 2 is 1.27 bits per heavy atom. The zero-order valence-electron chi connectivity index (χ0n) is 38.8. The van der Waals surface area contributed by atoms with E-state index in [1.165, 1.54) is 6.92 Å². The molecule has 0 aromatic carbocycles. The van der Waals surface area contributed by atoms with Crippen LogP contribution in [0.25, 0.3) is 0 Å². The molecule has 3 N–H and O–H groups in total. The van der Waals surface area contributed by atoms with Crippen molar-refractivity contribution < 1.29 is 67.5 Å². The fourth-order valence-electron chi connectivity index (χ4n) is 12.5. The Morgan fingerprint density at radius 1 is 0.678 bits per heavy atom. The number of aliphatic hydroxyl groups is 2. The van der Waals surface area contributed by atoms with Crippen molar-refractivity contribution >= 4 is 35.5 Å². The number of hydrogen-bond donors (Lipinski definition) is 3. The zero-order valence-corrected chi connectivity index (χ0v) is 40.8. The van der Waals surface area contributed by atoms with Gasteiger partial charge < -0.3 is 62.7 Å². The third kappa shape index (κ3) is 8.53. The molecule has 6 heterocycles. The van der Waals surface area contributed by atoms with Crippen LogP contribution in [-0.2, 0) is 52.2 Å². The van der Waals surface area contributed by atoms with Crippen LogP contribution < -0.4 is 0 Å². The predicted molar refractivity (Wildman–Crippen MR) is 217 cm³/mol. The summed E-state index contributed by atoms with van der Waals surface area (Å²) in [6.45, 7) is 21.6. The molecule has 59 heavy (non-hydrogen) atoms. The Balaban J connectivity index is 0.00000661. The molecule has 6 rings (SSSR count). The molecule has 14 nitrogen and oxygen atoms in total. The molecule has 0 bridgehead atoms. The molecule has 1 radical (unpaired) electrons. The Labute approximate surface area is 374 Å². The summed E-state index contributed by atoms with van der Waals surface area (Å²) in [4.78, 5) is 12.2. The third-order valence-electron chi connectivity index (χ3n) is 16.3. The number of carboxylic acids is 1. The van der Waals surface area contributed by atoms with Gasteiger partial charge in [-0.15, -0.1) is 0 Å². The van der Waals surface area contributed by atoms with Gasteiger partial charge in [0.25, 0.3) is 0 Å². The van der Waals surface area contributed by atoms with Crippen LogP contribution in [0.5, 0.6) is 0 Å². The maximum absolute atomic E-state index is 12.2. The van der Waals surface area contributed by atoms with E-state index in [0.29, 0.717) is 19.3 Å². The number of ether oxygens (including phenoxy) is 10. The van der Waals surface area contributed by atoms with Crippen molar-refractivity contribution in [2.75, 3.05) is 28.4 Å². The van der Waals surface area contributed by atoms with Crippen molar-refractivity contribution in [1.29, 1.82) is 0 Å². The summed E-state index contributed by atoms with van der Waals surface area (Å²) in [7, 11) is 6.70. The normalized spacial score (nSPS) is 53.9. The number of methoxy groups -OCH3 is 4. The quantitative estimate of drug-likeness (QED) is 0.243. The number of carbonyl (C=O) groups is 1. The van der Waals surface area contributed by atoms with E-state index in [0.717, 1.165) is 12.8 Å². The van der Waals surface area contributed by atoms with Gasteiger partial charge in [-0.2, -0.15) is 0 Å². The maximum atomic E-state index is 12.2. The first-order valence-corrected chi connectivity index (χ1v) is 21.8. The van der Waals surface area contributed by atoms with Gasteiger partial charge in [0.1, 0.15) is 12.0 Å². The second kappa shape index (κ2) is 18.1. The topological polar surface area (TPSA) is 170 Å². The molecule has 337 valence electrons. The fraction of sp³-hybridized carbons (Fsp3) is 0.977. The maximum Gasteiger partial charge on any atom is 0.311 e. The summed E-state index contributed by atoms with van der Waals surface area (Å²) < 4.78 is 65.4. The van der Waals surface area contributed by atoms with E-state index >= 15 is 0 Å². The van der Waals surface area contributed by atoms with E-state index in [-0.39, 0.29) is 95.6 Å². The number of carboxylic acid groups (broad SMARTS) is 1. The largest absolute Gasteiger partial charge is 0.481 e. The monoisotopic (exact) mass is 852 g/mol. The molecule has 6 saturated heterocycles. The molecular weight excluding hydrogens is 775 g/mol. The molecular formula is C44H76NaO14. The molecule has 6 aliphatic heterocycles. The van der Waals surface area contributed by atoms with E-state index in [1.807, 2.05) is 20.8 Å². The van der Waals surface area contributed by atoms with Gasteiger partial charge in [0, 0.05) is 112 Å². The molecule has 0 aromatic rings. The van der Waals surface area contributed by atoms with E-state index in [4.69, 9.17) is 47.4 Å². The molecule has 6 aliphatic rings. The molecule has 0 aliphatic carbocycles. The van der Waals surface area contributed by atoms with E-state index in [1.54, 1.807) is 42.3 Å². The molecule has 23 unspecified atom stereocenters. The molecule has 0 saturated carbocycles. The summed E-state index contributed by atoms with van der Waals surface area (Å²) in [5.41, 5.74) is -1.32. The van der Waals surface area contributed by atoms with Gasteiger partial charge in [-0.1, -0.05) is 48.5 Å². The van der Waals surface area contributed by atoms with Gasteiger partial charge in [-0.3, -0.25) is 4.79 Å². The van der Waals surface area contributed by atoms with E-state index < -0.39 is 76.9 Å². The fourth-order valence-corrected chi connectivity index (χ4v) is 12.5. The number of aliphatic carboxylic acids is 1. The van der Waals surface area contributed by atoms with Crippen molar-refractivity contribution in [2.24, 2.45) is 47.3 Å². The first-order chi connectivity index (χ1) is 27.0. The predicted octanol–water partition coefficient (Wildman–Crippen LogP) is 4.79. The van der Waals surface area contributed by atoms with Crippen LogP contribution in [0.3, 0.4) is 0 Å². The first-order valence-electron chi connectivity index (χ1n) is 21.8. The minimum atomic E-state index is -1.95. The zero-order chi connectivity index (χ0) is 43.1. The third-order valence-corrected chi connectivity index (χ3v) is 16.3. The number of hydrogen-bond acceptors (Lipinski definition) is 13. The standard InChI is InChI=1S/C44H76O14.Na/c1-21-29(49-12)20-43(56-31(21)22(2)32-23(3)34(51-14)27(7)44(48,57-32)28(8)39(45)46)19-18-40(9,58-43)30-16-17-41(10,54-30)38-25(5)35(52-15)37(53-38)36-24(4)33(50-13)26(6)42(11,47)55-36;/h21-38,47-48H,16-20H2,1-15H3,(H,45,46);. The molecule has 0 aromatic heterocycles. The second-order valence-corrected chi connectivity index (χ2v) is 19.9. The first kappa shape index (κ1) is 50.0. The summed E-state index contributed by atoms with van der Waals surface area (Å²) in [5.74, 6) is -8.04. The van der Waals surface area contributed by atoms with Crippen molar-refractivity contribution in [3.05, 3.63) is 0 Å². The average Bonchev–Trinajstić information content (AvgIpc) is 3.85. The minimum Gasteiger partial charge on any atom is -0.481 e. The Morgan fingerprint density at radius 3 is 1.85 bits per heavy atom. The van der Waals surface area contributed by atoms with Gasteiger partial charge >= 0.3 is 5.97 Å². The Hall–Kier alpha value is -0.0100. The van der Waals surface area contributed by atoms with Crippen LogP contribution >= 0.6 is 0 Å². The van der Waals surface area contributed by atoms with Crippen LogP contribution in [-0.4, -0.2) is 169 Å². The van der Waals surface area contributed by atoms with Crippen molar-refractivity contribution in [3.63, 3.8) is 0 Å². The molecule has 0 amide bonds. The van der Waals surface area contributed by atoms with E-state index in [2.05, 4.69) is 34.6 Å². The van der Waals surface area contributed by atoms with Gasteiger partial charge in [0.2, 0.25) is 0 Å². The van der Waals surface area contributed by atoms with Crippen LogP contribution in [0.15, 0.2) is 0 Å². The molecule has 15 heteroatoms. The summed E-state index contributed by atoms with van der Waals surface area (Å²) in [6, 6.07) is 0. The van der Waals surface area contributed by atoms with E-state index in [9.17, 15) is 20.1 Å². The van der Waals surface area contributed by atoms with Crippen LogP contribution in [0, 0.1) is 47.3 Å². The second-order valence-electron chi connectivity index (χ2n) is 19.9. The molecule has 1 spiro atoms. The summed E-state index contributed by atoms with van der Waals surface area (Å²) in [5, 5.41) is 33.1. The molecule has 6 fully saturated rings. The minimum absolute atomic E-state index is 0.